The van der Waals surface area contributed by atoms with Gasteiger partial charge in [0.15, 0.2) is 0 Å². The van der Waals surface area contributed by atoms with E-state index in [9.17, 15) is 9.59 Å². The number of aromatic nitrogens is 1. The molecule has 2 fully saturated rings. The Bertz CT molecular complexity index is 873. The van der Waals surface area contributed by atoms with Crippen molar-refractivity contribution in [3.63, 3.8) is 0 Å². The maximum atomic E-state index is 13.3. The quantitative estimate of drug-likeness (QED) is 0.778. The zero-order chi connectivity index (χ0) is 20.4. The second-order valence-electron chi connectivity index (χ2n) is 8.44. The predicted octanol–water partition coefficient (Wildman–Crippen LogP) is 3.38. The van der Waals surface area contributed by atoms with E-state index in [4.69, 9.17) is 4.52 Å². The number of amides is 2. The van der Waals surface area contributed by atoms with Gasteiger partial charge in [-0.25, -0.2) is 0 Å². The number of rotatable bonds is 5. The monoisotopic (exact) mass is 395 g/mol. The summed E-state index contributed by atoms with van der Waals surface area (Å²) in [4.78, 5) is 30.2. The van der Waals surface area contributed by atoms with Crippen LogP contribution in [0.2, 0.25) is 0 Å². The van der Waals surface area contributed by atoms with E-state index < -0.39 is 5.41 Å². The summed E-state index contributed by atoms with van der Waals surface area (Å²) in [7, 11) is 0. The molecule has 0 bridgehead atoms. The van der Waals surface area contributed by atoms with Gasteiger partial charge < -0.3 is 14.3 Å². The molecule has 6 nitrogen and oxygen atoms in total. The molecular weight excluding hydrogens is 366 g/mol. The van der Waals surface area contributed by atoms with Crippen LogP contribution in [0.1, 0.15) is 53.1 Å². The minimum Gasteiger partial charge on any atom is -0.361 e. The van der Waals surface area contributed by atoms with Crippen LogP contribution in [-0.4, -0.2) is 52.9 Å². The van der Waals surface area contributed by atoms with E-state index in [0.29, 0.717) is 30.1 Å². The maximum absolute atomic E-state index is 13.3. The first-order chi connectivity index (χ1) is 14.0. The van der Waals surface area contributed by atoms with Crippen molar-refractivity contribution in [3.8, 4) is 0 Å². The Labute approximate surface area is 171 Å². The van der Waals surface area contributed by atoms with Crippen molar-refractivity contribution in [2.24, 2.45) is 5.41 Å². The number of aryl methyl sites for hydroxylation is 3. The highest BCUT2D eigenvalue weighted by Gasteiger charge is 2.49. The number of benzene rings is 1. The fourth-order valence-electron chi connectivity index (χ4n) is 4.86. The number of hydrogen-bond acceptors (Lipinski definition) is 4. The molecule has 2 aliphatic rings. The van der Waals surface area contributed by atoms with Crippen molar-refractivity contribution in [1.82, 2.24) is 15.0 Å². The molecule has 0 radical (unpaired) electrons. The van der Waals surface area contributed by atoms with Crippen molar-refractivity contribution < 1.29 is 14.1 Å². The second-order valence-corrected chi connectivity index (χ2v) is 8.44. The van der Waals surface area contributed by atoms with Crippen LogP contribution in [0, 0.1) is 19.3 Å². The minimum atomic E-state index is -0.417. The van der Waals surface area contributed by atoms with Crippen LogP contribution < -0.4 is 0 Å². The summed E-state index contributed by atoms with van der Waals surface area (Å²) in [5, 5.41) is 3.90. The summed E-state index contributed by atoms with van der Waals surface area (Å²) in [5.41, 5.74) is 2.05. The predicted molar refractivity (Wildman–Crippen MR) is 110 cm³/mol. The molecule has 2 aromatic rings. The van der Waals surface area contributed by atoms with Crippen LogP contribution in [-0.2, 0) is 11.2 Å². The Balaban J connectivity index is 1.39. The zero-order valence-electron chi connectivity index (χ0n) is 17.3. The largest absolute Gasteiger partial charge is 0.361 e. The van der Waals surface area contributed by atoms with Crippen molar-refractivity contribution in [2.45, 2.75) is 46.0 Å². The van der Waals surface area contributed by atoms with Gasteiger partial charge in [0.05, 0.1) is 11.1 Å². The van der Waals surface area contributed by atoms with Crippen molar-refractivity contribution in [3.05, 3.63) is 52.9 Å². The smallest absolute Gasteiger partial charge is 0.259 e. The van der Waals surface area contributed by atoms with E-state index in [0.717, 1.165) is 45.2 Å². The molecule has 1 aromatic heterocycles. The van der Waals surface area contributed by atoms with Crippen LogP contribution in [0.3, 0.4) is 0 Å². The van der Waals surface area contributed by atoms with E-state index in [1.807, 2.05) is 15.9 Å². The molecule has 154 valence electrons. The summed E-state index contributed by atoms with van der Waals surface area (Å²) < 4.78 is 5.16. The number of carbonyl (C=O) groups is 2. The normalized spacial score (nSPS) is 21.9. The van der Waals surface area contributed by atoms with Gasteiger partial charge in [-0.1, -0.05) is 35.5 Å². The molecule has 2 aliphatic heterocycles. The Morgan fingerprint density at radius 1 is 1.17 bits per heavy atom. The first-order valence-corrected chi connectivity index (χ1v) is 10.6. The molecule has 1 aromatic carbocycles. The van der Waals surface area contributed by atoms with Gasteiger partial charge in [0.1, 0.15) is 11.3 Å². The van der Waals surface area contributed by atoms with Gasteiger partial charge >= 0.3 is 0 Å². The van der Waals surface area contributed by atoms with Crippen LogP contribution in [0.25, 0.3) is 0 Å². The molecule has 6 heteroatoms. The Morgan fingerprint density at radius 2 is 1.97 bits per heavy atom. The standard InChI is InChI=1S/C23H29N3O3/c1-17-20(18(2)29-24-17)21(27)26-15-12-23(16-26)11-7-14-25(22(23)28)13-6-10-19-8-4-3-5-9-19/h3-5,8-9H,6-7,10-16H2,1-2H3. The SMILES string of the molecule is Cc1noc(C)c1C(=O)N1CCC2(CCCN(CCCc3ccccc3)C2=O)C1. The summed E-state index contributed by atoms with van der Waals surface area (Å²) >= 11 is 0. The zero-order valence-corrected chi connectivity index (χ0v) is 17.3. The van der Waals surface area contributed by atoms with Gasteiger partial charge in [-0.15, -0.1) is 0 Å². The first kappa shape index (κ1) is 19.7. The molecular formula is C23H29N3O3. The molecule has 0 saturated carbocycles. The highest BCUT2D eigenvalue weighted by molar-refractivity contribution is 5.97. The topological polar surface area (TPSA) is 66.7 Å². The van der Waals surface area contributed by atoms with E-state index in [-0.39, 0.29) is 11.8 Å². The maximum Gasteiger partial charge on any atom is 0.259 e. The van der Waals surface area contributed by atoms with Gasteiger partial charge in [0.2, 0.25) is 5.91 Å². The molecule has 29 heavy (non-hydrogen) atoms. The Morgan fingerprint density at radius 3 is 2.69 bits per heavy atom. The molecule has 0 aliphatic carbocycles. The van der Waals surface area contributed by atoms with Crippen LogP contribution >= 0.6 is 0 Å². The van der Waals surface area contributed by atoms with Crippen molar-refractivity contribution in [2.75, 3.05) is 26.2 Å². The molecule has 2 amide bonds. The molecule has 4 rings (SSSR count). The fourth-order valence-corrected chi connectivity index (χ4v) is 4.86. The first-order valence-electron chi connectivity index (χ1n) is 10.6. The van der Waals surface area contributed by atoms with E-state index >= 15 is 0 Å². The van der Waals surface area contributed by atoms with Crippen LogP contribution in [0.15, 0.2) is 34.9 Å². The number of likely N-dealkylation sites (tertiary alicyclic amines) is 2. The third kappa shape index (κ3) is 3.80. The lowest BCUT2D eigenvalue weighted by atomic mass is 9.78. The lowest BCUT2D eigenvalue weighted by Gasteiger charge is -2.39. The molecule has 1 spiro atoms. The van der Waals surface area contributed by atoms with Crippen LogP contribution in [0.4, 0.5) is 0 Å². The van der Waals surface area contributed by atoms with E-state index in [1.165, 1.54) is 5.56 Å². The third-order valence-corrected chi connectivity index (χ3v) is 6.45. The number of piperidine rings is 1. The molecule has 1 atom stereocenters. The number of carbonyl (C=O) groups excluding carboxylic acids is 2. The highest BCUT2D eigenvalue weighted by atomic mass is 16.5. The molecule has 0 N–H and O–H groups in total. The summed E-state index contributed by atoms with van der Waals surface area (Å²) in [5.74, 6) is 0.712. The number of nitrogens with zero attached hydrogens (tertiary/aromatic N) is 3. The van der Waals surface area contributed by atoms with Gasteiger partial charge in [-0.2, -0.15) is 0 Å². The minimum absolute atomic E-state index is 0.0628. The lowest BCUT2D eigenvalue weighted by Crippen LogP contribution is -2.50. The second kappa shape index (κ2) is 8.01. The van der Waals surface area contributed by atoms with Crippen molar-refractivity contribution in [1.29, 1.82) is 0 Å². The average Bonchev–Trinajstić information content (AvgIpc) is 3.30. The highest BCUT2D eigenvalue weighted by Crippen LogP contribution is 2.40. The van der Waals surface area contributed by atoms with Gasteiger partial charge in [-0.3, -0.25) is 9.59 Å². The third-order valence-electron chi connectivity index (χ3n) is 6.45. The number of hydrogen-bond donors (Lipinski definition) is 0. The lowest BCUT2D eigenvalue weighted by molar-refractivity contribution is -0.145. The van der Waals surface area contributed by atoms with Gasteiger partial charge in [0, 0.05) is 26.2 Å². The van der Waals surface area contributed by atoms with Crippen LogP contribution in [0.5, 0.6) is 0 Å². The summed E-state index contributed by atoms with van der Waals surface area (Å²) in [6.07, 6.45) is 4.56. The molecule has 2 saturated heterocycles. The summed E-state index contributed by atoms with van der Waals surface area (Å²) in [6, 6.07) is 10.4. The Kier molecular flexibility index (Phi) is 5.43. The van der Waals surface area contributed by atoms with Gasteiger partial charge in [0.25, 0.3) is 5.91 Å². The Hall–Kier alpha value is -2.63. The molecule has 3 heterocycles. The fraction of sp³-hybridized carbons (Fsp3) is 0.522. The van der Waals surface area contributed by atoms with E-state index in [1.54, 1.807) is 13.8 Å². The molecule has 1 unspecified atom stereocenters. The van der Waals surface area contributed by atoms with Gasteiger partial charge in [-0.05, 0) is 51.5 Å². The average molecular weight is 396 g/mol. The summed E-state index contributed by atoms with van der Waals surface area (Å²) in [6.45, 7) is 6.28. The van der Waals surface area contributed by atoms with Crippen molar-refractivity contribution >= 4 is 11.8 Å². The van der Waals surface area contributed by atoms with E-state index in [2.05, 4.69) is 29.4 Å².